The predicted octanol–water partition coefficient (Wildman–Crippen LogP) is 6.01. The van der Waals surface area contributed by atoms with Gasteiger partial charge < -0.3 is 10.1 Å². The van der Waals surface area contributed by atoms with Crippen LogP contribution in [0, 0.1) is 6.92 Å². The molecule has 0 saturated heterocycles. The van der Waals surface area contributed by atoms with Crippen molar-refractivity contribution in [3.63, 3.8) is 0 Å². The van der Waals surface area contributed by atoms with Crippen molar-refractivity contribution in [1.29, 1.82) is 0 Å². The van der Waals surface area contributed by atoms with Gasteiger partial charge in [-0.1, -0.05) is 62.7 Å². The van der Waals surface area contributed by atoms with Crippen molar-refractivity contribution in [2.45, 2.75) is 82.8 Å². The molecule has 7 heteroatoms. The summed E-state index contributed by atoms with van der Waals surface area (Å²) in [5, 5.41) is 3.07. The van der Waals surface area contributed by atoms with Crippen LogP contribution in [0.5, 0.6) is 5.75 Å². The number of benzene rings is 3. The van der Waals surface area contributed by atoms with E-state index in [2.05, 4.69) is 44.3 Å². The van der Waals surface area contributed by atoms with Gasteiger partial charge in [0.15, 0.2) is 6.10 Å². The molecule has 0 unspecified atom stereocenters. The van der Waals surface area contributed by atoms with Crippen molar-refractivity contribution in [2.75, 3.05) is 10.8 Å². The van der Waals surface area contributed by atoms with Gasteiger partial charge in [-0.3, -0.25) is 9.10 Å². The summed E-state index contributed by atoms with van der Waals surface area (Å²) in [6, 6.07) is 18.6. The lowest BCUT2D eigenvalue weighted by molar-refractivity contribution is -0.128. The van der Waals surface area contributed by atoms with Crippen molar-refractivity contribution < 1.29 is 17.9 Å². The molecule has 2 aliphatic rings. The molecule has 0 aromatic heterocycles. The van der Waals surface area contributed by atoms with E-state index < -0.39 is 16.1 Å². The Balaban J connectivity index is 1.45. The van der Waals surface area contributed by atoms with Crippen LogP contribution >= 0.6 is 0 Å². The highest BCUT2D eigenvalue weighted by Gasteiger charge is 2.38. The van der Waals surface area contributed by atoms with E-state index in [9.17, 15) is 13.2 Å². The number of nitrogens with zero attached hydrogens (tertiary/aromatic N) is 1. The second kappa shape index (κ2) is 10.3. The maximum atomic E-state index is 13.9. The third-order valence-electron chi connectivity index (χ3n) is 7.83. The zero-order valence-electron chi connectivity index (χ0n) is 23.5. The quantitative estimate of drug-likeness (QED) is 0.426. The molecule has 0 saturated carbocycles. The molecule has 3 aromatic rings. The highest BCUT2D eigenvalue weighted by Crippen LogP contribution is 2.40. The Kier molecular flexibility index (Phi) is 7.23. The molecule has 0 bridgehead atoms. The van der Waals surface area contributed by atoms with Gasteiger partial charge in [-0.2, -0.15) is 0 Å². The fraction of sp³-hybridized carbons (Fsp3) is 0.406. The zero-order valence-corrected chi connectivity index (χ0v) is 24.3. The highest BCUT2D eigenvalue weighted by atomic mass is 32.2. The summed E-state index contributed by atoms with van der Waals surface area (Å²) in [6.45, 7) is 10.00. The second-order valence-corrected chi connectivity index (χ2v) is 13.7. The van der Waals surface area contributed by atoms with Crippen molar-refractivity contribution >= 4 is 21.6 Å². The highest BCUT2D eigenvalue weighted by molar-refractivity contribution is 7.92. The van der Waals surface area contributed by atoms with Crippen LogP contribution in [0.15, 0.2) is 65.6 Å². The van der Waals surface area contributed by atoms with Crippen LogP contribution in [-0.2, 0) is 33.1 Å². The average Bonchev–Trinajstić information content (AvgIpc) is 2.91. The molecule has 6 nitrogen and oxygen atoms in total. The SMILES string of the molecule is Cc1ccc(S(=O)(=O)N2C[C@@H](C(=O)N[C@H](C)c3ccc4c(c3)CCCC4)Oc3ccc(C(C)(C)C)cc32)cc1. The van der Waals surface area contributed by atoms with Gasteiger partial charge in [-0.15, -0.1) is 0 Å². The van der Waals surface area contributed by atoms with Gasteiger partial charge in [0.2, 0.25) is 0 Å². The lowest BCUT2D eigenvalue weighted by Crippen LogP contribution is -2.51. The largest absolute Gasteiger partial charge is 0.476 e. The van der Waals surface area contributed by atoms with Gasteiger partial charge in [0.1, 0.15) is 5.75 Å². The Morgan fingerprint density at radius 2 is 1.67 bits per heavy atom. The third-order valence-corrected chi connectivity index (χ3v) is 9.62. The van der Waals surface area contributed by atoms with Crippen molar-refractivity contribution in [2.24, 2.45) is 0 Å². The number of rotatable bonds is 5. The first-order valence-corrected chi connectivity index (χ1v) is 15.2. The Labute approximate surface area is 232 Å². The van der Waals surface area contributed by atoms with Gasteiger partial charge in [0.05, 0.1) is 23.2 Å². The molecule has 1 aliphatic carbocycles. The summed E-state index contributed by atoms with van der Waals surface area (Å²) >= 11 is 0. The summed E-state index contributed by atoms with van der Waals surface area (Å²) in [7, 11) is -3.94. The number of aryl methyl sites for hydroxylation is 3. The molecule has 1 N–H and O–H groups in total. The van der Waals surface area contributed by atoms with Crippen LogP contribution in [-0.4, -0.2) is 27.0 Å². The third kappa shape index (κ3) is 5.55. The summed E-state index contributed by atoms with van der Waals surface area (Å²) in [5.41, 5.74) is 6.01. The average molecular weight is 547 g/mol. The zero-order chi connectivity index (χ0) is 27.9. The normalized spacial score (nSPS) is 18.0. The van der Waals surface area contributed by atoms with E-state index >= 15 is 0 Å². The Morgan fingerprint density at radius 3 is 2.36 bits per heavy atom. The number of hydrogen-bond donors (Lipinski definition) is 1. The fourth-order valence-electron chi connectivity index (χ4n) is 5.33. The fourth-order valence-corrected chi connectivity index (χ4v) is 6.80. The van der Waals surface area contributed by atoms with E-state index in [-0.39, 0.29) is 28.8 Å². The van der Waals surface area contributed by atoms with E-state index in [1.54, 1.807) is 30.3 Å². The topological polar surface area (TPSA) is 75.7 Å². The number of carbonyl (C=O) groups excluding carboxylic acids is 1. The molecule has 5 rings (SSSR count). The van der Waals surface area contributed by atoms with Crippen LogP contribution in [0.1, 0.15) is 74.4 Å². The van der Waals surface area contributed by atoms with Gasteiger partial charge in [0, 0.05) is 0 Å². The molecule has 1 amide bonds. The monoisotopic (exact) mass is 546 g/mol. The molecular formula is C32H38N2O4S. The lowest BCUT2D eigenvalue weighted by Gasteiger charge is -2.36. The van der Waals surface area contributed by atoms with Gasteiger partial charge in [0.25, 0.3) is 15.9 Å². The van der Waals surface area contributed by atoms with Crippen LogP contribution in [0.2, 0.25) is 0 Å². The number of anilines is 1. The molecule has 1 heterocycles. The Bertz CT molecular complexity index is 1490. The number of amides is 1. The molecule has 206 valence electrons. The smallest absolute Gasteiger partial charge is 0.264 e. The molecule has 0 fully saturated rings. The number of sulfonamides is 1. The standard InChI is InChI=1S/C32H38N2O4S/c1-21-10-15-27(16-11-21)39(36,37)34-20-30(38-29-17-14-26(19-28(29)34)32(3,4)5)31(35)33-22(2)24-13-12-23-8-6-7-9-25(23)18-24/h10-19,22,30H,6-9,20H2,1-5H3,(H,33,35)/t22-,30+/m1/s1. The summed E-state index contributed by atoms with van der Waals surface area (Å²) in [4.78, 5) is 13.7. The Morgan fingerprint density at radius 1 is 0.974 bits per heavy atom. The molecular weight excluding hydrogens is 508 g/mol. The first kappa shape index (κ1) is 27.3. The maximum absolute atomic E-state index is 13.9. The second-order valence-electron chi connectivity index (χ2n) is 11.9. The summed E-state index contributed by atoms with van der Waals surface area (Å²) < 4.78 is 35.3. The van der Waals surface area contributed by atoms with Gasteiger partial charge in [-0.25, -0.2) is 8.42 Å². The molecule has 2 atom stereocenters. The maximum Gasteiger partial charge on any atom is 0.264 e. The minimum absolute atomic E-state index is 0.112. The summed E-state index contributed by atoms with van der Waals surface area (Å²) in [5.74, 6) is 0.0430. The van der Waals surface area contributed by atoms with Crippen LogP contribution < -0.4 is 14.4 Å². The van der Waals surface area contributed by atoms with E-state index in [1.807, 2.05) is 26.0 Å². The minimum Gasteiger partial charge on any atom is -0.476 e. The summed E-state index contributed by atoms with van der Waals surface area (Å²) in [6.07, 6.45) is 3.59. The first-order chi connectivity index (χ1) is 18.4. The van der Waals surface area contributed by atoms with Gasteiger partial charge >= 0.3 is 0 Å². The van der Waals surface area contributed by atoms with Gasteiger partial charge in [-0.05, 0) is 91.5 Å². The number of carbonyl (C=O) groups is 1. The number of nitrogens with one attached hydrogen (secondary N) is 1. The van der Waals surface area contributed by atoms with Crippen LogP contribution in [0.25, 0.3) is 0 Å². The molecule has 1 aliphatic heterocycles. The predicted molar refractivity (Wildman–Crippen MR) is 155 cm³/mol. The lowest BCUT2D eigenvalue weighted by atomic mass is 9.86. The number of fused-ring (bicyclic) bond motifs is 2. The first-order valence-electron chi connectivity index (χ1n) is 13.8. The van der Waals surface area contributed by atoms with Crippen LogP contribution in [0.3, 0.4) is 0 Å². The van der Waals surface area contributed by atoms with E-state index in [0.717, 1.165) is 29.5 Å². The number of hydrogen-bond acceptors (Lipinski definition) is 4. The number of ether oxygens (including phenoxy) is 1. The van der Waals surface area contributed by atoms with Crippen molar-refractivity contribution in [3.05, 3.63) is 88.5 Å². The molecule has 39 heavy (non-hydrogen) atoms. The molecule has 0 spiro atoms. The van der Waals surface area contributed by atoms with Crippen LogP contribution in [0.4, 0.5) is 5.69 Å². The van der Waals surface area contributed by atoms with Crippen molar-refractivity contribution in [3.8, 4) is 5.75 Å². The molecule has 3 aromatic carbocycles. The Hall–Kier alpha value is -3.32. The van der Waals surface area contributed by atoms with Crippen molar-refractivity contribution in [1.82, 2.24) is 5.32 Å². The van der Waals surface area contributed by atoms with E-state index in [1.165, 1.54) is 28.3 Å². The van der Waals surface area contributed by atoms with E-state index in [4.69, 9.17) is 4.74 Å². The molecule has 0 radical (unpaired) electrons. The minimum atomic E-state index is -3.94. The van der Waals surface area contributed by atoms with E-state index in [0.29, 0.717) is 11.4 Å².